The van der Waals surface area contributed by atoms with Crippen LogP contribution >= 0.6 is 0 Å². The third-order valence-electron chi connectivity index (χ3n) is 8.72. The van der Waals surface area contributed by atoms with Gasteiger partial charge in [0.15, 0.2) is 0 Å². The van der Waals surface area contributed by atoms with Gasteiger partial charge in [0.25, 0.3) is 0 Å². The fraction of sp³-hybridized carbons (Fsp3) is 0.414. The molecule has 204 valence electrons. The standard InChI is InChI=1S/C29H31N3O7/c1-14-17(4)38-26-16(3)27-22(10-21(14)26)15(2)20(29(35)39-27)5-8-25(33)30-11-18-9-19(13-30)23-6-7-24(32(36)37)28(34)31(23)12-18/h6-7,10,18-19,32,36H,5,8-9,11-13H2,1-4H3. The molecule has 0 spiro atoms. The number of furan rings is 1. The van der Waals surface area contributed by atoms with Crippen LogP contribution < -0.4 is 16.4 Å². The van der Waals surface area contributed by atoms with Crippen LogP contribution in [-0.4, -0.2) is 33.7 Å². The molecule has 1 saturated heterocycles. The molecule has 3 atom stereocenters. The number of rotatable bonds is 4. The predicted molar refractivity (Wildman–Crippen MR) is 143 cm³/mol. The summed E-state index contributed by atoms with van der Waals surface area (Å²) in [5, 5.41) is 21.3. The fourth-order valence-electron chi connectivity index (χ4n) is 6.48. The van der Waals surface area contributed by atoms with Gasteiger partial charge in [-0.15, -0.1) is 0 Å². The van der Waals surface area contributed by atoms with Gasteiger partial charge in [0.2, 0.25) is 11.6 Å². The van der Waals surface area contributed by atoms with Crippen LogP contribution in [-0.2, 0) is 17.8 Å². The predicted octanol–water partition coefficient (Wildman–Crippen LogP) is 2.92. The third-order valence-corrected chi connectivity index (χ3v) is 8.72. The molecule has 2 aliphatic heterocycles. The molecule has 0 saturated carbocycles. The Bertz CT molecular complexity index is 1780. The molecule has 2 N–H and O–H groups in total. The molecule has 1 aromatic carbocycles. The molecule has 2 bridgehead atoms. The van der Waals surface area contributed by atoms with Crippen molar-refractivity contribution in [1.82, 2.24) is 9.47 Å². The Balaban J connectivity index is 1.24. The number of pyridine rings is 1. The molecule has 39 heavy (non-hydrogen) atoms. The highest BCUT2D eigenvalue weighted by Gasteiger charge is 2.37. The fourth-order valence-corrected chi connectivity index (χ4v) is 6.48. The lowest BCUT2D eigenvalue weighted by atomic mass is 9.83. The van der Waals surface area contributed by atoms with E-state index < -0.39 is 16.4 Å². The highest BCUT2D eigenvalue weighted by atomic mass is 16.8. The van der Waals surface area contributed by atoms with Crippen LogP contribution in [0.5, 0.6) is 0 Å². The van der Waals surface area contributed by atoms with Crippen molar-refractivity contribution in [3.63, 3.8) is 0 Å². The average molecular weight is 534 g/mol. The van der Waals surface area contributed by atoms with Crippen LogP contribution in [0.15, 0.2) is 36.6 Å². The Kier molecular flexibility index (Phi) is 6.01. The van der Waals surface area contributed by atoms with Gasteiger partial charge in [-0.05, 0) is 69.7 Å². The topological polar surface area (TPSA) is 133 Å². The smallest absolute Gasteiger partial charge is 0.339 e. The van der Waals surface area contributed by atoms with Crippen molar-refractivity contribution in [2.75, 3.05) is 13.1 Å². The number of nitrogens with zero attached hydrogens (tertiary/aromatic N) is 2. The van der Waals surface area contributed by atoms with Gasteiger partial charge in [0.05, 0.1) is 0 Å². The lowest BCUT2D eigenvalue weighted by Gasteiger charge is -2.43. The third kappa shape index (κ3) is 4.02. The molecule has 1 amide bonds. The maximum atomic E-state index is 13.3. The van der Waals surface area contributed by atoms with Gasteiger partial charge >= 0.3 is 11.2 Å². The van der Waals surface area contributed by atoms with Crippen molar-refractivity contribution < 1.29 is 24.1 Å². The van der Waals surface area contributed by atoms with Crippen molar-refractivity contribution in [2.24, 2.45) is 5.92 Å². The normalized spacial score (nSPS) is 19.5. The molecular formula is C29H31N3O7. The number of nitrogens with one attached hydrogen (secondary N) is 1. The molecule has 10 heteroatoms. The number of amides is 1. The summed E-state index contributed by atoms with van der Waals surface area (Å²) in [6.07, 6.45) is 1.30. The zero-order valence-corrected chi connectivity index (χ0v) is 22.4. The van der Waals surface area contributed by atoms with Crippen LogP contribution in [0.1, 0.15) is 52.5 Å². The van der Waals surface area contributed by atoms with Crippen LogP contribution in [0.2, 0.25) is 0 Å². The first-order chi connectivity index (χ1) is 18.5. The number of hydrogen-bond acceptors (Lipinski definition) is 7. The molecular weight excluding hydrogens is 502 g/mol. The van der Waals surface area contributed by atoms with E-state index >= 15 is 0 Å². The number of quaternary nitrogens is 1. The van der Waals surface area contributed by atoms with Gasteiger partial charge in [0, 0.05) is 65.6 Å². The number of carbonyl (C=O) groups excluding carboxylic acids is 1. The number of aryl methyl sites for hydroxylation is 4. The van der Waals surface area contributed by atoms with Crippen molar-refractivity contribution in [3.8, 4) is 0 Å². The molecule has 0 aliphatic carbocycles. The van der Waals surface area contributed by atoms with E-state index in [1.165, 1.54) is 6.07 Å². The van der Waals surface area contributed by atoms with Gasteiger partial charge in [-0.25, -0.2) is 10.0 Å². The van der Waals surface area contributed by atoms with Crippen molar-refractivity contribution in [2.45, 2.75) is 59.4 Å². The van der Waals surface area contributed by atoms with E-state index in [4.69, 9.17) is 8.83 Å². The quantitative estimate of drug-likeness (QED) is 0.304. The van der Waals surface area contributed by atoms with E-state index in [-0.39, 0.29) is 36.3 Å². The van der Waals surface area contributed by atoms with Gasteiger partial charge < -0.3 is 23.5 Å². The van der Waals surface area contributed by atoms with E-state index in [1.807, 2.05) is 38.7 Å². The first kappa shape index (κ1) is 25.5. The second kappa shape index (κ2) is 9.18. The van der Waals surface area contributed by atoms with E-state index in [2.05, 4.69) is 0 Å². The first-order valence-electron chi connectivity index (χ1n) is 13.3. The summed E-state index contributed by atoms with van der Waals surface area (Å²) in [6, 6.07) is 5.07. The number of likely N-dealkylation sites (tertiary alicyclic amines) is 1. The number of benzene rings is 1. The maximum Gasteiger partial charge on any atom is 0.339 e. The summed E-state index contributed by atoms with van der Waals surface area (Å²) in [5.74, 6) is 0.822. The molecule has 4 aromatic rings. The monoisotopic (exact) mass is 533 g/mol. The molecule has 3 unspecified atom stereocenters. The lowest BCUT2D eigenvalue weighted by molar-refractivity contribution is -0.992. The Hall–Kier alpha value is -3.73. The Morgan fingerprint density at radius 2 is 1.74 bits per heavy atom. The Morgan fingerprint density at radius 1 is 1.03 bits per heavy atom. The number of fused-ring (bicyclic) bond motifs is 6. The minimum absolute atomic E-state index is 0.0310. The molecule has 0 radical (unpaired) electrons. The molecule has 1 fully saturated rings. The van der Waals surface area contributed by atoms with Crippen LogP contribution in [0, 0.1) is 38.8 Å². The molecule has 2 aliphatic rings. The van der Waals surface area contributed by atoms with Crippen LogP contribution in [0.25, 0.3) is 21.9 Å². The van der Waals surface area contributed by atoms with Gasteiger partial charge in [0.1, 0.15) is 16.9 Å². The highest BCUT2D eigenvalue weighted by Crippen LogP contribution is 2.36. The number of carbonyl (C=O) groups is 1. The SMILES string of the molecule is Cc1oc2c(C)c3oc(=O)c(CCC(=O)N4CC5CC(C4)c4ccc([NH+]([O-])O)c(=O)n4C5)c(C)c3cc2c1C. The zero-order valence-electron chi connectivity index (χ0n) is 22.4. The molecule has 10 nitrogen and oxygen atoms in total. The van der Waals surface area contributed by atoms with E-state index in [1.54, 1.807) is 10.6 Å². The second-order valence-corrected chi connectivity index (χ2v) is 11.0. The van der Waals surface area contributed by atoms with Crippen LogP contribution in [0.4, 0.5) is 5.69 Å². The van der Waals surface area contributed by atoms with Gasteiger partial charge in [-0.2, -0.15) is 5.23 Å². The Labute approximate surface area is 223 Å². The minimum atomic E-state index is -1.23. The number of hydrogen-bond donors (Lipinski definition) is 2. The molecule has 6 rings (SSSR count). The van der Waals surface area contributed by atoms with Crippen LogP contribution in [0.3, 0.4) is 0 Å². The molecule has 3 aromatic heterocycles. The number of piperidine rings is 1. The van der Waals surface area contributed by atoms with E-state index in [0.717, 1.165) is 50.9 Å². The number of aromatic nitrogens is 1. The summed E-state index contributed by atoms with van der Waals surface area (Å²) >= 11 is 0. The van der Waals surface area contributed by atoms with Gasteiger partial charge in [-0.1, -0.05) is 0 Å². The first-order valence-corrected chi connectivity index (χ1v) is 13.3. The molecule has 5 heterocycles. The summed E-state index contributed by atoms with van der Waals surface area (Å²) in [4.78, 5) is 40.8. The lowest BCUT2D eigenvalue weighted by Crippen LogP contribution is -3.00. The van der Waals surface area contributed by atoms with Crippen molar-refractivity contribution >= 4 is 33.5 Å². The summed E-state index contributed by atoms with van der Waals surface area (Å²) < 4.78 is 13.2. The average Bonchev–Trinajstić information content (AvgIpc) is 3.18. The summed E-state index contributed by atoms with van der Waals surface area (Å²) in [7, 11) is 0. The largest absolute Gasteiger partial charge is 0.595 e. The van der Waals surface area contributed by atoms with Crippen molar-refractivity contribution in [1.29, 1.82) is 0 Å². The zero-order chi connectivity index (χ0) is 27.7. The van der Waals surface area contributed by atoms with Gasteiger partial charge in [-0.3, -0.25) is 9.59 Å². The highest BCUT2D eigenvalue weighted by molar-refractivity contribution is 6.00. The Morgan fingerprint density at radius 3 is 2.49 bits per heavy atom. The van der Waals surface area contributed by atoms with Crippen molar-refractivity contribution in [3.05, 3.63) is 77.9 Å². The van der Waals surface area contributed by atoms with E-state index in [9.17, 15) is 24.8 Å². The minimum Gasteiger partial charge on any atom is -0.595 e. The summed E-state index contributed by atoms with van der Waals surface area (Å²) in [6.45, 7) is 9.07. The summed E-state index contributed by atoms with van der Waals surface area (Å²) in [5.41, 5.74) is 4.01. The van der Waals surface area contributed by atoms with E-state index in [0.29, 0.717) is 30.8 Å². The maximum absolute atomic E-state index is 13.3. The second-order valence-electron chi connectivity index (χ2n) is 11.0.